The number of rotatable bonds is 2. The summed E-state index contributed by atoms with van der Waals surface area (Å²) in [4.78, 5) is 0. The molecule has 0 bridgehead atoms. The van der Waals surface area contributed by atoms with Crippen LogP contribution in [-0.4, -0.2) is 6.04 Å². The standard InChI is InChI=1S/C9H15N/c1-3-7-5-6-8(4-2)9(7)10/h5-6,9H,3-4,10H2,1-2H3. The zero-order valence-electron chi connectivity index (χ0n) is 6.72. The highest BCUT2D eigenvalue weighted by Gasteiger charge is 2.14. The molecule has 1 heteroatoms. The summed E-state index contributed by atoms with van der Waals surface area (Å²) in [5, 5.41) is 0. The van der Waals surface area contributed by atoms with Gasteiger partial charge in [0.1, 0.15) is 0 Å². The molecule has 56 valence electrons. The van der Waals surface area contributed by atoms with Crippen molar-refractivity contribution in [1.29, 1.82) is 0 Å². The lowest BCUT2D eigenvalue weighted by Gasteiger charge is -2.10. The minimum Gasteiger partial charge on any atom is -0.321 e. The Hall–Kier alpha value is -0.560. The zero-order valence-corrected chi connectivity index (χ0v) is 6.72. The molecule has 0 amide bonds. The molecular weight excluding hydrogens is 122 g/mol. The first-order chi connectivity index (χ1) is 4.79. The molecule has 0 spiro atoms. The van der Waals surface area contributed by atoms with Crippen LogP contribution >= 0.6 is 0 Å². The lowest BCUT2D eigenvalue weighted by atomic mass is 10.0. The van der Waals surface area contributed by atoms with Crippen molar-refractivity contribution in [3.63, 3.8) is 0 Å². The van der Waals surface area contributed by atoms with E-state index >= 15 is 0 Å². The molecule has 0 aromatic heterocycles. The van der Waals surface area contributed by atoms with Gasteiger partial charge in [0.15, 0.2) is 0 Å². The third kappa shape index (κ3) is 1.14. The average Bonchev–Trinajstić information content (AvgIpc) is 2.30. The maximum Gasteiger partial charge on any atom is 0.0476 e. The van der Waals surface area contributed by atoms with E-state index in [9.17, 15) is 0 Å². The fraction of sp³-hybridized carbons (Fsp3) is 0.556. The molecule has 10 heavy (non-hydrogen) atoms. The van der Waals surface area contributed by atoms with Crippen molar-refractivity contribution in [1.82, 2.24) is 0 Å². The van der Waals surface area contributed by atoms with E-state index in [-0.39, 0.29) is 6.04 Å². The normalized spacial score (nSPS) is 19.1. The molecule has 0 heterocycles. The number of hydrogen-bond acceptors (Lipinski definition) is 1. The van der Waals surface area contributed by atoms with Crippen molar-refractivity contribution in [2.75, 3.05) is 0 Å². The van der Waals surface area contributed by atoms with E-state index < -0.39 is 0 Å². The van der Waals surface area contributed by atoms with Crippen molar-refractivity contribution in [2.45, 2.75) is 32.7 Å². The van der Waals surface area contributed by atoms with Gasteiger partial charge in [0, 0.05) is 6.04 Å². The molecule has 0 radical (unpaired) electrons. The molecule has 2 N–H and O–H groups in total. The summed E-state index contributed by atoms with van der Waals surface area (Å²) in [6.07, 6.45) is 6.48. The summed E-state index contributed by atoms with van der Waals surface area (Å²) in [6.45, 7) is 4.30. The lowest BCUT2D eigenvalue weighted by molar-refractivity contribution is 0.820. The SMILES string of the molecule is CCC1=CC=C(CC)C1N. The maximum atomic E-state index is 5.91. The number of hydrogen-bond donors (Lipinski definition) is 1. The maximum absolute atomic E-state index is 5.91. The van der Waals surface area contributed by atoms with Crippen LogP contribution in [0.1, 0.15) is 26.7 Å². The van der Waals surface area contributed by atoms with Crippen molar-refractivity contribution in [2.24, 2.45) is 5.73 Å². The van der Waals surface area contributed by atoms with E-state index in [4.69, 9.17) is 5.73 Å². The number of nitrogens with two attached hydrogens (primary N) is 1. The summed E-state index contributed by atoms with van der Waals surface area (Å²) in [5.41, 5.74) is 8.65. The average molecular weight is 137 g/mol. The molecular formula is C9H15N. The third-order valence-electron chi connectivity index (χ3n) is 2.13. The van der Waals surface area contributed by atoms with Gasteiger partial charge in [0.05, 0.1) is 0 Å². The van der Waals surface area contributed by atoms with Gasteiger partial charge >= 0.3 is 0 Å². The highest BCUT2D eigenvalue weighted by atomic mass is 14.6. The van der Waals surface area contributed by atoms with Crippen molar-refractivity contribution < 1.29 is 0 Å². The summed E-state index contributed by atoms with van der Waals surface area (Å²) in [6, 6.07) is 0.231. The summed E-state index contributed by atoms with van der Waals surface area (Å²) in [5.74, 6) is 0. The Morgan fingerprint density at radius 2 is 1.60 bits per heavy atom. The van der Waals surface area contributed by atoms with Gasteiger partial charge in [-0.05, 0) is 24.0 Å². The van der Waals surface area contributed by atoms with Crippen LogP contribution in [0.2, 0.25) is 0 Å². The molecule has 0 saturated carbocycles. The van der Waals surface area contributed by atoms with Gasteiger partial charge in [-0.25, -0.2) is 0 Å². The lowest BCUT2D eigenvalue weighted by Crippen LogP contribution is -2.21. The van der Waals surface area contributed by atoms with Crippen molar-refractivity contribution in [3.8, 4) is 0 Å². The second kappa shape index (κ2) is 3.02. The fourth-order valence-corrected chi connectivity index (χ4v) is 1.34. The first-order valence-corrected chi connectivity index (χ1v) is 3.94. The van der Waals surface area contributed by atoms with E-state index in [1.165, 1.54) is 11.1 Å². The Labute approximate surface area is 62.6 Å². The van der Waals surface area contributed by atoms with E-state index in [1.54, 1.807) is 0 Å². The minimum absolute atomic E-state index is 0.231. The van der Waals surface area contributed by atoms with E-state index in [0.29, 0.717) is 0 Å². The second-order valence-corrected chi connectivity index (χ2v) is 2.67. The Morgan fingerprint density at radius 3 is 1.80 bits per heavy atom. The van der Waals surface area contributed by atoms with Crippen LogP contribution in [0.25, 0.3) is 0 Å². The van der Waals surface area contributed by atoms with Crippen LogP contribution in [0.3, 0.4) is 0 Å². The zero-order chi connectivity index (χ0) is 7.56. The Bertz CT molecular complexity index is 157. The molecule has 0 aromatic carbocycles. The molecule has 1 aliphatic rings. The van der Waals surface area contributed by atoms with Crippen LogP contribution in [0.4, 0.5) is 0 Å². The van der Waals surface area contributed by atoms with Crippen LogP contribution in [0, 0.1) is 0 Å². The first kappa shape index (κ1) is 7.55. The fourth-order valence-electron chi connectivity index (χ4n) is 1.34. The van der Waals surface area contributed by atoms with Gasteiger partial charge in [-0.2, -0.15) is 0 Å². The molecule has 1 rings (SSSR count). The van der Waals surface area contributed by atoms with Gasteiger partial charge in [0.2, 0.25) is 0 Å². The van der Waals surface area contributed by atoms with E-state index in [0.717, 1.165) is 12.8 Å². The minimum atomic E-state index is 0.231. The van der Waals surface area contributed by atoms with Crippen molar-refractivity contribution >= 4 is 0 Å². The highest BCUT2D eigenvalue weighted by Crippen LogP contribution is 2.22. The monoisotopic (exact) mass is 137 g/mol. The molecule has 0 aliphatic heterocycles. The molecule has 0 unspecified atom stereocenters. The van der Waals surface area contributed by atoms with Gasteiger partial charge in [0.25, 0.3) is 0 Å². The van der Waals surface area contributed by atoms with Gasteiger partial charge in [-0.3, -0.25) is 0 Å². The van der Waals surface area contributed by atoms with Crippen molar-refractivity contribution in [3.05, 3.63) is 23.3 Å². The summed E-state index contributed by atoms with van der Waals surface area (Å²) >= 11 is 0. The van der Waals surface area contributed by atoms with Crippen LogP contribution in [0.5, 0.6) is 0 Å². The Morgan fingerprint density at radius 1 is 1.20 bits per heavy atom. The van der Waals surface area contributed by atoms with Gasteiger partial charge < -0.3 is 5.73 Å². The van der Waals surface area contributed by atoms with E-state index in [2.05, 4.69) is 26.0 Å². The first-order valence-electron chi connectivity index (χ1n) is 3.94. The molecule has 0 atom stereocenters. The quantitative estimate of drug-likeness (QED) is 0.619. The Kier molecular flexibility index (Phi) is 2.28. The molecule has 1 nitrogen and oxygen atoms in total. The van der Waals surface area contributed by atoms with Gasteiger partial charge in [-0.1, -0.05) is 26.0 Å². The topological polar surface area (TPSA) is 26.0 Å². The number of allylic oxidation sites excluding steroid dienone is 2. The summed E-state index contributed by atoms with van der Waals surface area (Å²) < 4.78 is 0. The molecule has 0 aromatic rings. The predicted octanol–water partition coefficient (Wildman–Crippen LogP) is 2.00. The second-order valence-electron chi connectivity index (χ2n) is 2.67. The smallest absolute Gasteiger partial charge is 0.0476 e. The van der Waals surface area contributed by atoms with Crippen LogP contribution in [-0.2, 0) is 0 Å². The Balaban J connectivity index is 2.62. The summed E-state index contributed by atoms with van der Waals surface area (Å²) in [7, 11) is 0. The largest absolute Gasteiger partial charge is 0.321 e. The molecule has 0 fully saturated rings. The van der Waals surface area contributed by atoms with Crippen LogP contribution in [0.15, 0.2) is 23.3 Å². The van der Waals surface area contributed by atoms with Gasteiger partial charge in [-0.15, -0.1) is 0 Å². The van der Waals surface area contributed by atoms with Crippen LogP contribution < -0.4 is 5.73 Å². The third-order valence-corrected chi connectivity index (χ3v) is 2.13. The predicted molar refractivity (Wildman–Crippen MR) is 44.7 cm³/mol. The molecule has 0 saturated heterocycles. The van der Waals surface area contributed by atoms with E-state index in [1.807, 2.05) is 0 Å². The highest BCUT2D eigenvalue weighted by molar-refractivity contribution is 5.37. The molecule has 1 aliphatic carbocycles.